The number of thiazole rings is 1. The lowest BCUT2D eigenvalue weighted by Gasteiger charge is -2.19. The van der Waals surface area contributed by atoms with E-state index in [0.29, 0.717) is 22.4 Å². The van der Waals surface area contributed by atoms with Gasteiger partial charge in [-0.2, -0.15) is 0 Å². The molecule has 0 aliphatic heterocycles. The lowest BCUT2D eigenvalue weighted by atomic mass is 10.1. The van der Waals surface area contributed by atoms with Crippen LogP contribution >= 0.6 is 11.3 Å². The summed E-state index contributed by atoms with van der Waals surface area (Å²) in [4.78, 5) is 18.7. The first-order valence-corrected chi connectivity index (χ1v) is 8.75. The van der Waals surface area contributed by atoms with Crippen molar-refractivity contribution in [2.24, 2.45) is 0 Å². The smallest absolute Gasteiger partial charge is 0.325 e. The minimum Gasteiger partial charge on any atom is -0.462 e. The van der Waals surface area contributed by atoms with Crippen molar-refractivity contribution >= 4 is 28.2 Å². The first-order chi connectivity index (χ1) is 11.9. The summed E-state index contributed by atoms with van der Waals surface area (Å²) in [6, 6.07) is 5.38. The fraction of sp³-hybridized carbons (Fsp3) is 0.333. The van der Waals surface area contributed by atoms with E-state index in [1.807, 2.05) is 31.5 Å². The molecule has 1 heterocycles. The van der Waals surface area contributed by atoms with Gasteiger partial charge in [-0.1, -0.05) is 6.07 Å². The lowest BCUT2D eigenvalue weighted by Crippen LogP contribution is -2.25. The van der Waals surface area contributed by atoms with Crippen LogP contribution in [0.25, 0.3) is 0 Å². The molecule has 0 atom stereocenters. The Balaban J connectivity index is 1.97. The number of urea groups is 1. The predicted octanol–water partition coefficient (Wildman–Crippen LogP) is 3.62. The molecule has 0 aliphatic rings. The Bertz CT molecular complexity index is 805. The minimum atomic E-state index is -0.370. The molecule has 25 heavy (non-hydrogen) atoms. The molecule has 132 valence electrons. The van der Waals surface area contributed by atoms with Crippen molar-refractivity contribution in [3.05, 3.63) is 40.4 Å². The number of nitrogens with zero attached hydrogens (tertiary/aromatic N) is 2. The summed E-state index contributed by atoms with van der Waals surface area (Å²) in [6.45, 7) is 6.86. The predicted molar refractivity (Wildman–Crippen MR) is 101 cm³/mol. The second-order valence-corrected chi connectivity index (χ2v) is 6.86. The lowest BCUT2D eigenvalue weighted by molar-refractivity contribution is 0.261. The van der Waals surface area contributed by atoms with E-state index in [9.17, 15) is 4.79 Å². The third kappa shape index (κ3) is 5.48. The summed E-state index contributed by atoms with van der Waals surface area (Å²) in [6.07, 6.45) is 1.88. The third-order valence-electron chi connectivity index (χ3n) is 3.75. The molecule has 6 nitrogen and oxygen atoms in total. The molecule has 0 saturated carbocycles. The fourth-order valence-corrected chi connectivity index (χ4v) is 2.73. The van der Waals surface area contributed by atoms with Crippen molar-refractivity contribution < 1.29 is 9.90 Å². The number of carbonyl (C=O) groups excluding carboxylic acids is 1. The molecule has 0 bridgehead atoms. The number of aliphatic hydroxyl groups is 1. The van der Waals surface area contributed by atoms with E-state index in [0.717, 1.165) is 17.8 Å². The molecule has 0 saturated heterocycles. The second kappa shape index (κ2) is 8.51. The maximum atomic E-state index is 12.1. The van der Waals surface area contributed by atoms with Gasteiger partial charge in [-0.25, -0.2) is 9.78 Å². The largest absolute Gasteiger partial charge is 0.462 e. The van der Waals surface area contributed by atoms with E-state index in [1.165, 1.54) is 11.3 Å². The van der Waals surface area contributed by atoms with Crippen molar-refractivity contribution in [3.8, 4) is 12.0 Å². The number of rotatable bonds is 5. The number of aryl methyl sites for hydroxylation is 1. The van der Waals surface area contributed by atoms with Crippen LogP contribution in [0.4, 0.5) is 15.6 Å². The molecule has 7 heteroatoms. The van der Waals surface area contributed by atoms with Crippen molar-refractivity contribution in [2.45, 2.75) is 33.4 Å². The van der Waals surface area contributed by atoms with Gasteiger partial charge in [0, 0.05) is 29.2 Å². The average Bonchev–Trinajstić information content (AvgIpc) is 2.97. The zero-order valence-corrected chi connectivity index (χ0v) is 15.6. The third-order valence-corrected chi connectivity index (χ3v) is 4.56. The van der Waals surface area contributed by atoms with Crippen LogP contribution in [0.3, 0.4) is 0 Å². The van der Waals surface area contributed by atoms with Crippen molar-refractivity contribution in [1.29, 1.82) is 0 Å². The Labute approximate surface area is 151 Å². The zero-order chi connectivity index (χ0) is 18.4. The van der Waals surface area contributed by atoms with Gasteiger partial charge < -0.3 is 10.4 Å². The number of aliphatic hydroxyl groups excluding tert-OH is 1. The molecule has 0 radical (unpaired) electrons. The highest BCUT2D eigenvalue weighted by atomic mass is 32.1. The highest BCUT2D eigenvalue weighted by Gasteiger charge is 2.10. The van der Waals surface area contributed by atoms with Crippen molar-refractivity contribution in [2.75, 3.05) is 17.7 Å². The Morgan fingerprint density at radius 1 is 1.40 bits per heavy atom. The molecule has 1 aromatic carbocycles. The van der Waals surface area contributed by atoms with E-state index in [2.05, 4.69) is 40.3 Å². The normalized spacial score (nSPS) is 10.5. The van der Waals surface area contributed by atoms with E-state index in [4.69, 9.17) is 5.11 Å². The van der Waals surface area contributed by atoms with Gasteiger partial charge in [0.1, 0.15) is 6.11 Å². The number of benzene rings is 1. The molecule has 0 fully saturated rings. The van der Waals surface area contributed by atoms with Gasteiger partial charge in [-0.3, -0.25) is 10.2 Å². The van der Waals surface area contributed by atoms with Crippen LogP contribution in [-0.4, -0.2) is 34.1 Å². The van der Waals surface area contributed by atoms with Crippen LogP contribution in [-0.2, 0) is 6.54 Å². The van der Waals surface area contributed by atoms with Gasteiger partial charge in [-0.15, -0.1) is 11.3 Å². The molecular weight excluding hydrogens is 336 g/mol. The molecule has 2 rings (SSSR count). The topological polar surface area (TPSA) is 77.5 Å². The number of hydrogen-bond donors (Lipinski definition) is 3. The number of carbonyl (C=O) groups is 1. The second-order valence-electron chi connectivity index (χ2n) is 6.00. The molecule has 0 spiro atoms. The number of amides is 2. The maximum Gasteiger partial charge on any atom is 0.325 e. The Morgan fingerprint density at radius 3 is 2.84 bits per heavy atom. The van der Waals surface area contributed by atoms with Gasteiger partial charge >= 0.3 is 6.03 Å². The van der Waals surface area contributed by atoms with Crippen LogP contribution in [0, 0.1) is 19.0 Å². The molecule has 0 aliphatic carbocycles. The quantitative estimate of drug-likeness (QED) is 0.714. The first-order valence-electron chi connectivity index (χ1n) is 7.87. The molecule has 2 aromatic rings. The summed E-state index contributed by atoms with van der Waals surface area (Å²) in [5.74, 6) is 2.59. The molecule has 3 N–H and O–H groups in total. The van der Waals surface area contributed by atoms with Crippen LogP contribution < -0.4 is 10.6 Å². The van der Waals surface area contributed by atoms with Gasteiger partial charge in [0.05, 0.1) is 5.69 Å². The van der Waals surface area contributed by atoms with Crippen molar-refractivity contribution in [3.63, 3.8) is 0 Å². The summed E-state index contributed by atoms with van der Waals surface area (Å²) >= 11 is 1.39. The summed E-state index contributed by atoms with van der Waals surface area (Å²) in [7, 11) is 2.04. The number of hydrogen-bond acceptors (Lipinski definition) is 5. The number of nitrogens with one attached hydrogen (secondary N) is 2. The highest BCUT2D eigenvalue weighted by molar-refractivity contribution is 7.13. The standard InChI is InChI=1S/C18H22N4O2S/c1-12(2)22(4)10-16-11-25-18(20-16)21-17(24)19-15-6-5-13(3)14(9-15)7-8-23/h5-6,9,11-12,23H,10H2,1-4H3,(H2,19,20,21,24). The zero-order valence-electron chi connectivity index (χ0n) is 14.8. The van der Waals surface area contributed by atoms with Crippen molar-refractivity contribution in [1.82, 2.24) is 9.88 Å². The van der Waals surface area contributed by atoms with Crippen LogP contribution in [0.5, 0.6) is 0 Å². The minimum absolute atomic E-state index is 0.370. The maximum absolute atomic E-state index is 12.1. The highest BCUT2D eigenvalue weighted by Crippen LogP contribution is 2.18. The van der Waals surface area contributed by atoms with Gasteiger partial charge in [0.15, 0.2) is 5.13 Å². The van der Waals surface area contributed by atoms with Crippen LogP contribution in [0.15, 0.2) is 23.6 Å². The van der Waals surface area contributed by atoms with Gasteiger partial charge in [-0.05, 0) is 51.4 Å². The Morgan fingerprint density at radius 2 is 2.16 bits per heavy atom. The van der Waals surface area contributed by atoms with Crippen LogP contribution in [0.1, 0.15) is 30.7 Å². The van der Waals surface area contributed by atoms with Crippen LogP contribution in [0.2, 0.25) is 0 Å². The fourth-order valence-electron chi connectivity index (χ4n) is 2.03. The molecule has 0 unspecified atom stereocenters. The van der Waals surface area contributed by atoms with E-state index in [-0.39, 0.29) is 6.03 Å². The Kier molecular flexibility index (Phi) is 6.39. The van der Waals surface area contributed by atoms with E-state index < -0.39 is 0 Å². The summed E-state index contributed by atoms with van der Waals surface area (Å²) in [5, 5.41) is 16.7. The number of anilines is 2. The number of aromatic nitrogens is 1. The summed E-state index contributed by atoms with van der Waals surface area (Å²) in [5.41, 5.74) is 3.10. The SMILES string of the molecule is Cc1ccc(NC(=O)Nc2nc(CN(C)C(C)C)cs2)cc1C#CO. The molecular formula is C18H22N4O2S. The summed E-state index contributed by atoms with van der Waals surface area (Å²) < 4.78 is 0. The monoisotopic (exact) mass is 358 g/mol. The van der Waals surface area contributed by atoms with E-state index >= 15 is 0 Å². The average molecular weight is 358 g/mol. The van der Waals surface area contributed by atoms with E-state index in [1.54, 1.807) is 12.1 Å². The molecule has 2 amide bonds. The molecule has 1 aromatic heterocycles. The van der Waals surface area contributed by atoms with Gasteiger partial charge in [0.25, 0.3) is 0 Å². The Hall–Kier alpha value is -2.56. The van der Waals surface area contributed by atoms with Gasteiger partial charge in [0.2, 0.25) is 0 Å². The first kappa shape index (κ1) is 18.8.